The molecule has 6 rings (SSSR count). The van der Waals surface area contributed by atoms with Crippen molar-refractivity contribution in [1.29, 1.82) is 0 Å². The number of fused-ring (bicyclic) bond motifs is 3. The molecule has 0 radical (unpaired) electrons. The van der Waals surface area contributed by atoms with Gasteiger partial charge in [-0.3, -0.25) is 4.90 Å². The van der Waals surface area contributed by atoms with E-state index in [0.717, 1.165) is 56.1 Å². The zero-order chi connectivity index (χ0) is 20.7. The second-order valence-electron chi connectivity index (χ2n) is 8.79. The topological polar surface area (TPSA) is 48.8 Å². The van der Waals surface area contributed by atoms with E-state index in [0.29, 0.717) is 6.42 Å². The maximum atomic E-state index is 12.1. The van der Waals surface area contributed by atoms with E-state index in [9.17, 15) is 5.11 Å². The number of pyridine rings is 1. The molecule has 0 amide bonds. The summed E-state index contributed by atoms with van der Waals surface area (Å²) < 4.78 is 5.42. The molecule has 1 aromatic carbocycles. The highest BCUT2D eigenvalue weighted by Gasteiger charge is 2.54. The predicted octanol–water partition coefficient (Wildman–Crippen LogP) is 2.42. The van der Waals surface area contributed by atoms with Gasteiger partial charge < -0.3 is 14.7 Å². The van der Waals surface area contributed by atoms with Gasteiger partial charge in [-0.2, -0.15) is 0 Å². The van der Waals surface area contributed by atoms with Crippen molar-refractivity contribution < 1.29 is 9.84 Å². The number of aliphatic hydroxyl groups is 1. The van der Waals surface area contributed by atoms with Crippen LogP contribution in [0.2, 0.25) is 0 Å². The Hall–Kier alpha value is -2.39. The van der Waals surface area contributed by atoms with Crippen LogP contribution in [0.3, 0.4) is 0 Å². The minimum atomic E-state index is -1.05. The summed E-state index contributed by atoms with van der Waals surface area (Å²) >= 11 is 0. The highest BCUT2D eigenvalue weighted by molar-refractivity contribution is 5.48. The number of anilines is 1. The number of benzene rings is 1. The molecular formula is C25H29N3O2. The number of hydrogen-bond acceptors (Lipinski definition) is 5. The maximum absolute atomic E-state index is 12.1. The summed E-state index contributed by atoms with van der Waals surface area (Å²) in [6.45, 7) is 3.63. The molecule has 0 spiro atoms. The van der Waals surface area contributed by atoms with Crippen molar-refractivity contribution in [3.8, 4) is 12.3 Å². The Morgan fingerprint density at radius 1 is 1.17 bits per heavy atom. The number of hydrogen-bond donors (Lipinski definition) is 1. The SMILES string of the molecule is C#CC1N2CCC(CC2)C1(O)c1ccc(N2CC(OC)C2)nc1Cc1ccccc1. The Kier molecular flexibility index (Phi) is 5.02. The van der Waals surface area contributed by atoms with Crippen LogP contribution in [0.5, 0.6) is 0 Å². The van der Waals surface area contributed by atoms with E-state index in [2.05, 4.69) is 33.9 Å². The highest BCUT2D eigenvalue weighted by atomic mass is 16.5. The molecular weight excluding hydrogens is 374 g/mol. The average molecular weight is 404 g/mol. The number of aromatic nitrogens is 1. The van der Waals surface area contributed by atoms with Crippen LogP contribution in [0.25, 0.3) is 0 Å². The number of rotatable bonds is 5. The summed E-state index contributed by atoms with van der Waals surface area (Å²) in [6.07, 6.45) is 8.84. The lowest BCUT2D eigenvalue weighted by Crippen LogP contribution is -2.63. The second-order valence-corrected chi connectivity index (χ2v) is 8.79. The van der Waals surface area contributed by atoms with E-state index < -0.39 is 5.60 Å². The van der Waals surface area contributed by atoms with Gasteiger partial charge in [0, 0.05) is 32.2 Å². The van der Waals surface area contributed by atoms with Gasteiger partial charge in [0.15, 0.2) is 0 Å². The van der Waals surface area contributed by atoms with E-state index in [1.54, 1.807) is 7.11 Å². The zero-order valence-electron chi connectivity index (χ0n) is 17.5. The van der Waals surface area contributed by atoms with Crippen molar-refractivity contribution in [3.05, 3.63) is 59.3 Å². The molecule has 2 aromatic rings. The van der Waals surface area contributed by atoms with Crippen LogP contribution in [0.1, 0.15) is 29.7 Å². The summed E-state index contributed by atoms with van der Waals surface area (Å²) in [5, 5.41) is 12.1. The molecule has 4 aliphatic heterocycles. The Bertz CT molecular complexity index is 943. The molecule has 0 aliphatic carbocycles. The fourth-order valence-electron chi connectivity index (χ4n) is 5.43. The van der Waals surface area contributed by atoms with E-state index >= 15 is 0 Å². The molecule has 5 heterocycles. The van der Waals surface area contributed by atoms with E-state index in [-0.39, 0.29) is 18.1 Å². The summed E-state index contributed by atoms with van der Waals surface area (Å²) in [7, 11) is 1.75. The standard InChI is InChI=1S/C25H29N3O2/c1-3-23-25(29,19-11-13-27(23)14-12-19)21-9-10-24(28-16-20(17-28)30-2)26-22(21)15-18-7-5-4-6-8-18/h1,4-10,19-20,23,29H,11-17H2,2H3. The molecule has 4 fully saturated rings. The molecule has 0 saturated carbocycles. The minimum absolute atomic E-state index is 0.174. The van der Waals surface area contributed by atoms with E-state index in [4.69, 9.17) is 16.1 Å². The van der Waals surface area contributed by atoms with Crippen molar-refractivity contribution in [2.24, 2.45) is 5.92 Å². The van der Waals surface area contributed by atoms with Gasteiger partial charge in [-0.15, -0.1) is 6.42 Å². The maximum Gasteiger partial charge on any atom is 0.129 e. The summed E-state index contributed by atoms with van der Waals surface area (Å²) in [5.41, 5.74) is 1.96. The number of piperidine rings is 3. The molecule has 2 unspecified atom stereocenters. The monoisotopic (exact) mass is 403 g/mol. The molecule has 5 heteroatoms. The summed E-state index contributed by atoms with van der Waals surface area (Å²) in [5.74, 6) is 4.03. The molecule has 1 N–H and O–H groups in total. The minimum Gasteiger partial charge on any atom is -0.382 e. The van der Waals surface area contributed by atoms with Gasteiger partial charge in [-0.1, -0.05) is 42.3 Å². The summed E-state index contributed by atoms with van der Waals surface area (Å²) in [4.78, 5) is 9.55. The molecule has 4 saturated heterocycles. The zero-order valence-corrected chi connectivity index (χ0v) is 17.5. The highest BCUT2D eigenvalue weighted by Crippen LogP contribution is 2.48. The van der Waals surface area contributed by atoms with Gasteiger partial charge in [0.05, 0.1) is 11.8 Å². The average Bonchev–Trinajstić information content (AvgIpc) is 2.75. The van der Waals surface area contributed by atoms with Crippen LogP contribution in [0.15, 0.2) is 42.5 Å². The first-order chi connectivity index (χ1) is 14.6. The third-order valence-corrected chi connectivity index (χ3v) is 7.20. The fourth-order valence-corrected chi connectivity index (χ4v) is 5.43. The van der Waals surface area contributed by atoms with Crippen molar-refractivity contribution in [1.82, 2.24) is 9.88 Å². The first-order valence-corrected chi connectivity index (χ1v) is 10.9. The Balaban J connectivity index is 1.56. The number of nitrogens with zero attached hydrogens (tertiary/aromatic N) is 3. The van der Waals surface area contributed by atoms with Crippen molar-refractivity contribution in [2.45, 2.75) is 37.0 Å². The van der Waals surface area contributed by atoms with Gasteiger partial charge in [0.25, 0.3) is 0 Å². The molecule has 30 heavy (non-hydrogen) atoms. The first kappa shape index (κ1) is 19.6. The van der Waals surface area contributed by atoms with Crippen molar-refractivity contribution in [3.63, 3.8) is 0 Å². The van der Waals surface area contributed by atoms with Gasteiger partial charge in [-0.05, 0) is 43.5 Å². The largest absolute Gasteiger partial charge is 0.382 e. The van der Waals surface area contributed by atoms with Gasteiger partial charge in [0.2, 0.25) is 0 Å². The van der Waals surface area contributed by atoms with E-state index in [1.165, 1.54) is 5.56 Å². The van der Waals surface area contributed by atoms with Crippen LogP contribution >= 0.6 is 0 Å². The van der Waals surface area contributed by atoms with Crippen molar-refractivity contribution in [2.75, 3.05) is 38.2 Å². The Morgan fingerprint density at radius 3 is 2.57 bits per heavy atom. The van der Waals surface area contributed by atoms with Crippen LogP contribution in [0.4, 0.5) is 5.82 Å². The molecule has 2 bridgehead atoms. The van der Waals surface area contributed by atoms with Gasteiger partial charge in [0.1, 0.15) is 17.5 Å². The van der Waals surface area contributed by atoms with Crippen LogP contribution < -0.4 is 4.90 Å². The fraction of sp³-hybridized carbons (Fsp3) is 0.480. The molecule has 156 valence electrons. The van der Waals surface area contributed by atoms with Gasteiger partial charge in [-0.25, -0.2) is 4.98 Å². The summed E-state index contributed by atoms with van der Waals surface area (Å²) in [6, 6.07) is 14.2. The molecule has 1 aromatic heterocycles. The lowest BCUT2D eigenvalue weighted by atomic mass is 9.66. The Labute approximate surface area is 178 Å². The predicted molar refractivity (Wildman–Crippen MR) is 117 cm³/mol. The van der Waals surface area contributed by atoms with E-state index in [1.807, 2.05) is 24.3 Å². The van der Waals surface area contributed by atoms with Gasteiger partial charge >= 0.3 is 0 Å². The van der Waals surface area contributed by atoms with Crippen LogP contribution in [0, 0.1) is 18.3 Å². The lowest BCUT2D eigenvalue weighted by molar-refractivity contribution is -0.143. The molecule has 2 atom stereocenters. The normalized spacial score (nSPS) is 30.7. The lowest BCUT2D eigenvalue weighted by Gasteiger charge is -2.54. The van der Waals surface area contributed by atoms with Crippen LogP contribution in [-0.4, -0.2) is 60.4 Å². The number of terminal acetylenes is 1. The quantitative estimate of drug-likeness (QED) is 0.777. The third kappa shape index (κ3) is 3.11. The smallest absolute Gasteiger partial charge is 0.129 e. The number of ether oxygens (including phenoxy) is 1. The third-order valence-electron chi connectivity index (χ3n) is 7.20. The molecule has 4 aliphatic rings. The van der Waals surface area contributed by atoms with Crippen molar-refractivity contribution >= 4 is 5.82 Å². The van der Waals surface area contributed by atoms with Crippen LogP contribution in [-0.2, 0) is 16.8 Å². The Morgan fingerprint density at radius 2 is 1.90 bits per heavy atom. The molecule has 5 nitrogen and oxygen atoms in total. The number of methoxy groups -OCH3 is 1. The second kappa shape index (κ2) is 7.70. The first-order valence-electron chi connectivity index (χ1n) is 10.9.